The molecule has 1 amide bonds. The molecule has 0 saturated heterocycles. The van der Waals surface area contributed by atoms with Gasteiger partial charge in [-0.15, -0.1) is 0 Å². The van der Waals surface area contributed by atoms with E-state index < -0.39 is 0 Å². The molecule has 0 fully saturated rings. The number of ether oxygens (including phenoxy) is 1. The maximum absolute atomic E-state index is 12.5. The van der Waals surface area contributed by atoms with E-state index in [1.54, 1.807) is 36.4 Å². The number of benzene rings is 2. The summed E-state index contributed by atoms with van der Waals surface area (Å²) in [6.45, 7) is 2.31. The second kappa shape index (κ2) is 7.00. The number of carbonyl (C=O) groups is 1. The monoisotopic (exact) mass is 416 g/mol. The zero-order valence-corrected chi connectivity index (χ0v) is 14.2. The molecule has 110 valence electrons. The summed E-state index contributed by atoms with van der Waals surface area (Å²) in [4.78, 5) is 12.5. The number of nitrogens with two attached hydrogens (primary N) is 1. The molecule has 0 unspecified atom stereocenters. The third kappa shape index (κ3) is 3.79. The van der Waals surface area contributed by atoms with Crippen LogP contribution in [0.2, 0.25) is 5.02 Å². The quantitative estimate of drug-likeness (QED) is 0.580. The molecule has 2 aromatic rings. The SMILES string of the molecule is CCOc1cccc(N)c1C(=O)Nc1ccc(Cl)cc1I. The highest BCUT2D eigenvalue weighted by Gasteiger charge is 2.17. The molecule has 6 heteroatoms. The fourth-order valence-electron chi connectivity index (χ4n) is 1.84. The number of anilines is 2. The number of nitrogens with one attached hydrogen (secondary N) is 1. The van der Waals surface area contributed by atoms with Gasteiger partial charge in [0.1, 0.15) is 11.3 Å². The van der Waals surface area contributed by atoms with Crippen LogP contribution in [0.15, 0.2) is 36.4 Å². The average Bonchev–Trinajstić information content (AvgIpc) is 2.42. The summed E-state index contributed by atoms with van der Waals surface area (Å²) < 4.78 is 6.31. The van der Waals surface area contributed by atoms with Gasteiger partial charge in [0.15, 0.2) is 0 Å². The van der Waals surface area contributed by atoms with E-state index in [0.29, 0.717) is 34.3 Å². The van der Waals surface area contributed by atoms with E-state index in [2.05, 4.69) is 27.9 Å². The number of rotatable bonds is 4. The van der Waals surface area contributed by atoms with Gasteiger partial charge in [-0.05, 0) is 59.8 Å². The van der Waals surface area contributed by atoms with Crippen LogP contribution in [0.25, 0.3) is 0 Å². The van der Waals surface area contributed by atoms with Crippen LogP contribution in [-0.2, 0) is 0 Å². The first-order chi connectivity index (χ1) is 10.0. The van der Waals surface area contributed by atoms with E-state index in [1.165, 1.54) is 0 Å². The minimum absolute atomic E-state index is 0.309. The van der Waals surface area contributed by atoms with Crippen molar-refractivity contribution >= 4 is 51.5 Å². The van der Waals surface area contributed by atoms with Crippen LogP contribution in [0.3, 0.4) is 0 Å². The van der Waals surface area contributed by atoms with E-state index in [4.69, 9.17) is 22.1 Å². The highest BCUT2D eigenvalue weighted by atomic mass is 127. The summed E-state index contributed by atoms with van der Waals surface area (Å²) in [5.74, 6) is 0.163. The number of halogens is 2. The van der Waals surface area contributed by atoms with Crippen molar-refractivity contribution in [3.05, 3.63) is 50.6 Å². The summed E-state index contributed by atoms with van der Waals surface area (Å²) in [6.07, 6.45) is 0. The van der Waals surface area contributed by atoms with Crippen molar-refractivity contribution in [2.24, 2.45) is 0 Å². The fourth-order valence-corrected chi connectivity index (χ4v) is 2.85. The topological polar surface area (TPSA) is 64.3 Å². The van der Waals surface area contributed by atoms with Gasteiger partial charge in [0.05, 0.1) is 12.3 Å². The van der Waals surface area contributed by atoms with Crippen LogP contribution in [0.4, 0.5) is 11.4 Å². The van der Waals surface area contributed by atoms with Crippen LogP contribution < -0.4 is 15.8 Å². The highest BCUT2D eigenvalue weighted by molar-refractivity contribution is 14.1. The molecule has 2 aromatic carbocycles. The summed E-state index contributed by atoms with van der Waals surface area (Å²) >= 11 is 8.02. The molecule has 21 heavy (non-hydrogen) atoms. The van der Waals surface area contributed by atoms with Gasteiger partial charge >= 0.3 is 0 Å². The molecular weight excluding hydrogens is 403 g/mol. The molecule has 0 radical (unpaired) electrons. The van der Waals surface area contributed by atoms with Crippen molar-refractivity contribution < 1.29 is 9.53 Å². The first-order valence-electron chi connectivity index (χ1n) is 6.30. The van der Waals surface area contributed by atoms with E-state index in [1.807, 2.05) is 6.92 Å². The second-order valence-electron chi connectivity index (χ2n) is 4.23. The van der Waals surface area contributed by atoms with Crippen molar-refractivity contribution in [2.45, 2.75) is 6.92 Å². The van der Waals surface area contributed by atoms with Crippen LogP contribution in [0.5, 0.6) is 5.75 Å². The lowest BCUT2D eigenvalue weighted by molar-refractivity contribution is 0.102. The largest absolute Gasteiger partial charge is 0.493 e. The molecule has 0 aliphatic rings. The van der Waals surface area contributed by atoms with Gasteiger partial charge in [0.2, 0.25) is 0 Å². The summed E-state index contributed by atoms with van der Waals surface area (Å²) in [5, 5.41) is 3.45. The molecule has 0 aromatic heterocycles. The van der Waals surface area contributed by atoms with Crippen LogP contribution >= 0.6 is 34.2 Å². The van der Waals surface area contributed by atoms with Gasteiger partial charge in [0.25, 0.3) is 5.91 Å². The Morgan fingerprint density at radius 2 is 2.14 bits per heavy atom. The number of hydrogen-bond donors (Lipinski definition) is 2. The van der Waals surface area contributed by atoms with E-state index >= 15 is 0 Å². The minimum Gasteiger partial charge on any atom is -0.493 e. The molecule has 0 atom stereocenters. The number of carbonyl (C=O) groups excluding carboxylic acids is 1. The normalized spacial score (nSPS) is 10.2. The maximum Gasteiger partial charge on any atom is 0.261 e. The van der Waals surface area contributed by atoms with Gasteiger partial charge in [0, 0.05) is 14.3 Å². The molecule has 2 rings (SSSR count). The third-order valence-electron chi connectivity index (χ3n) is 2.76. The second-order valence-corrected chi connectivity index (χ2v) is 5.83. The molecule has 3 N–H and O–H groups in total. The Hall–Kier alpha value is -1.47. The van der Waals surface area contributed by atoms with E-state index in [-0.39, 0.29) is 5.91 Å². The molecule has 0 bridgehead atoms. The van der Waals surface area contributed by atoms with Gasteiger partial charge in [-0.2, -0.15) is 0 Å². The Balaban J connectivity index is 2.32. The summed E-state index contributed by atoms with van der Waals surface area (Å²) in [6, 6.07) is 10.4. The van der Waals surface area contributed by atoms with Crippen molar-refractivity contribution in [3.63, 3.8) is 0 Å². The summed E-state index contributed by atoms with van der Waals surface area (Å²) in [5.41, 5.74) is 7.30. The molecule has 4 nitrogen and oxygen atoms in total. The Morgan fingerprint density at radius 1 is 1.38 bits per heavy atom. The van der Waals surface area contributed by atoms with Crippen molar-refractivity contribution in [3.8, 4) is 5.75 Å². The Labute approximate surface area is 141 Å². The van der Waals surface area contributed by atoms with Gasteiger partial charge < -0.3 is 15.8 Å². The molecule has 0 spiro atoms. The lowest BCUT2D eigenvalue weighted by atomic mass is 10.1. The number of amides is 1. The predicted octanol–water partition coefficient (Wildman–Crippen LogP) is 4.18. The Kier molecular flexibility index (Phi) is 5.30. The summed E-state index contributed by atoms with van der Waals surface area (Å²) in [7, 11) is 0. The molecule has 0 saturated carbocycles. The van der Waals surface area contributed by atoms with Gasteiger partial charge in [-0.25, -0.2) is 0 Å². The van der Waals surface area contributed by atoms with Gasteiger partial charge in [-0.3, -0.25) is 4.79 Å². The van der Waals surface area contributed by atoms with Crippen molar-refractivity contribution in [1.82, 2.24) is 0 Å². The Morgan fingerprint density at radius 3 is 2.81 bits per heavy atom. The van der Waals surface area contributed by atoms with Crippen molar-refractivity contribution in [2.75, 3.05) is 17.7 Å². The number of hydrogen-bond acceptors (Lipinski definition) is 3. The lowest BCUT2D eigenvalue weighted by Gasteiger charge is -2.13. The standard InChI is InChI=1S/C15H14ClIN2O2/c1-2-21-13-5-3-4-11(18)14(13)15(20)19-12-7-6-9(16)8-10(12)17/h3-8H,2,18H2,1H3,(H,19,20). The fraction of sp³-hybridized carbons (Fsp3) is 0.133. The van der Waals surface area contributed by atoms with Crippen LogP contribution in [0.1, 0.15) is 17.3 Å². The molecule has 0 heterocycles. The average molecular weight is 417 g/mol. The molecule has 0 aliphatic carbocycles. The molecule has 0 aliphatic heterocycles. The zero-order chi connectivity index (χ0) is 15.4. The maximum atomic E-state index is 12.5. The minimum atomic E-state index is -0.309. The third-order valence-corrected chi connectivity index (χ3v) is 3.89. The number of nitrogen functional groups attached to an aromatic ring is 1. The van der Waals surface area contributed by atoms with Crippen LogP contribution in [-0.4, -0.2) is 12.5 Å². The van der Waals surface area contributed by atoms with E-state index in [9.17, 15) is 4.79 Å². The highest BCUT2D eigenvalue weighted by Crippen LogP contribution is 2.27. The predicted molar refractivity (Wildman–Crippen MR) is 94.1 cm³/mol. The Bertz CT molecular complexity index is 677. The first kappa shape index (κ1) is 15.9. The zero-order valence-electron chi connectivity index (χ0n) is 11.3. The van der Waals surface area contributed by atoms with E-state index in [0.717, 1.165) is 3.57 Å². The van der Waals surface area contributed by atoms with Crippen molar-refractivity contribution in [1.29, 1.82) is 0 Å². The smallest absolute Gasteiger partial charge is 0.261 e. The molecular formula is C15H14ClIN2O2. The first-order valence-corrected chi connectivity index (χ1v) is 7.76. The van der Waals surface area contributed by atoms with Gasteiger partial charge in [-0.1, -0.05) is 17.7 Å². The lowest BCUT2D eigenvalue weighted by Crippen LogP contribution is -2.16. The van der Waals surface area contributed by atoms with Crippen LogP contribution in [0, 0.1) is 3.57 Å².